The average Bonchev–Trinajstić information content (AvgIpc) is 2.58. The van der Waals surface area contributed by atoms with Crippen LogP contribution in [-0.4, -0.2) is 48.4 Å². The second-order valence-electron chi connectivity index (χ2n) is 7.93. The average molecular weight is 425 g/mol. The van der Waals surface area contributed by atoms with Gasteiger partial charge >= 0.3 is 11.9 Å². The largest absolute Gasteiger partial charge is 0.460 e. The molecule has 0 heterocycles. The SMILES string of the molecule is C[Si](C)(C)O[Si](C)(C)CCCOCCOC(=O)C=CC(=O)Oc1ccccc1. The number of hydrogen-bond acceptors (Lipinski definition) is 6. The summed E-state index contributed by atoms with van der Waals surface area (Å²) >= 11 is 0. The number of benzene rings is 1. The summed E-state index contributed by atoms with van der Waals surface area (Å²) in [6.45, 7) is 12.2. The molecule has 1 aromatic carbocycles. The van der Waals surface area contributed by atoms with Gasteiger partial charge in [0.15, 0.2) is 16.6 Å². The Hall–Kier alpha value is -1.75. The van der Waals surface area contributed by atoms with Gasteiger partial charge in [-0.15, -0.1) is 0 Å². The van der Waals surface area contributed by atoms with Gasteiger partial charge < -0.3 is 18.3 Å². The van der Waals surface area contributed by atoms with E-state index in [1.807, 2.05) is 6.07 Å². The number of carbonyl (C=O) groups is 2. The van der Waals surface area contributed by atoms with Crippen molar-refractivity contribution in [1.29, 1.82) is 0 Å². The van der Waals surface area contributed by atoms with Crippen LogP contribution >= 0.6 is 0 Å². The van der Waals surface area contributed by atoms with Crippen molar-refractivity contribution in [2.24, 2.45) is 0 Å². The highest BCUT2D eigenvalue weighted by molar-refractivity contribution is 6.84. The molecule has 6 nitrogen and oxygen atoms in total. The van der Waals surface area contributed by atoms with Crippen molar-refractivity contribution in [3.8, 4) is 5.75 Å². The van der Waals surface area contributed by atoms with Gasteiger partial charge in [-0.1, -0.05) is 18.2 Å². The molecule has 1 rings (SSSR count). The molecule has 0 bridgehead atoms. The van der Waals surface area contributed by atoms with Crippen LogP contribution in [-0.2, 0) is 23.2 Å². The molecule has 0 spiro atoms. The highest BCUT2D eigenvalue weighted by Crippen LogP contribution is 2.19. The number of carbonyl (C=O) groups excluding carboxylic acids is 2. The van der Waals surface area contributed by atoms with Gasteiger partial charge in [-0.3, -0.25) is 0 Å². The minimum Gasteiger partial charge on any atom is -0.460 e. The number of para-hydroxylation sites is 1. The van der Waals surface area contributed by atoms with Crippen LogP contribution in [0.1, 0.15) is 6.42 Å². The molecule has 0 fully saturated rings. The van der Waals surface area contributed by atoms with Gasteiger partial charge in [0.05, 0.1) is 6.61 Å². The summed E-state index contributed by atoms with van der Waals surface area (Å²) in [5.41, 5.74) is 0. The molecule has 0 aliphatic heterocycles. The third-order valence-corrected chi connectivity index (χ3v) is 9.66. The molecule has 156 valence electrons. The van der Waals surface area contributed by atoms with E-state index in [0.717, 1.165) is 24.6 Å². The Labute approximate surface area is 170 Å². The first-order valence-electron chi connectivity index (χ1n) is 9.47. The Morgan fingerprint density at radius 1 is 0.893 bits per heavy atom. The van der Waals surface area contributed by atoms with Gasteiger partial charge in [0.25, 0.3) is 0 Å². The Morgan fingerprint density at radius 2 is 1.54 bits per heavy atom. The summed E-state index contributed by atoms with van der Waals surface area (Å²) in [4.78, 5) is 23.2. The maximum absolute atomic E-state index is 11.6. The lowest BCUT2D eigenvalue weighted by Gasteiger charge is -2.31. The molecule has 0 aromatic heterocycles. The van der Waals surface area contributed by atoms with E-state index in [1.165, 1.54) is 0 Å². The highest BCUT2D eigenvalue weighted by Gasteiger charge is 2.28. The third-order valence-electron chi connectivity index (χ3n) is 3.44. The molecular weight excluding hydrogens is 392 g/mol. The molecule has 0 atom stereocenters. The molecule has 1 aromatic rings. The van der Waals surface area contributed by atoms with Crippen molar-refractivity contribution in [2.75, 3.05) is 19.8 Å². The van der Waals surface area contributed by atoms with E-state index in [1.54, 1.807) is 24.3 Å². The van der Waals surface area contributed by atoms with Crippen LogP contribution in [0.25, 0.3) is 0 Å². The van der Waals surface area contributed by atoms with Crippen LogP contribution in [0.3, 0.4) is 0 Å². The molecule has 0 unspecified atom stereocenters. The normalized spacial score (nSPS) is 12.2. The van der Waals surface area contributed by atoms with Gasteiger partial charge in [0.2, 0.25) is 0 Å². The van der Waals surface area contributed by atoms with E-state index in [9.17, 15) is 9.59 Å². The van der Waals surface area contributed by atoms with Gasteiger partial charge in [0, 0.05) is 18.8 Å². The molecule has 8 heteroatoms. The van der Waals surface area contributed by atoms with Crippen molar-refractivity contribution in [1.82, 2.24) is 0 Å². The minimum absolute atomic E-state index is 0.142. The monoisotopic (exact) mass is 424 g/mol. The van der Waals surface area contributed by atoms with Crippen molar-refractivity contribution in [2.45, 2.75) is 45.2 Å². The molecule has 0 saturated carbocycles. The lowest BCUT2D eigenvalue weighted by atomic mass is 10.3. The van der Waals surface area contributed by atoms with Crippen molar-refractivity contribution in [3.63, 3.8) is 0 Å². The summed E-state index contributed by atoms with van der Waals surface area (Å²) in [5, 5.41) is 0. The van der Waals surface area contributed by atoms with Crippen molar-refractivity contribution in [3.05, 3.63) is 42.5 Å². The van der Waals surface area contributed by atoms with Crippen LogP contribution < -0.4 is 4.74 Å². The van der Waals surface area contributed by atoms with Gasteiger partial charge in [0.1, 0.15) is 12.4 Å². The van der Waals surface area contributed by atoms with Crippen LogP contribution in [0.4, 0.5) is 0 Å². The Balaban J connectivity index is 2.11. The molecule has 0 amide bonds. The molecule has 0 saturated heterocycles. The zero-order valence-electron chi connectivity index (χ0n) is 17.5. The van der Waals surface area contributed by atoms with Crippen molar-refractivity contribution < 1.29 is 27.9 Å². The molecule has 0 N–H and O–H groups in total. The van der Waals surface area contributed by atoms with Gasteiger partial charge in [-0.25, -0.2) is 9.59 Å². The maximum atomic E-state index is 11.6. The molecule has 0 aliphatic rings. The third kappa shape index (κ3) is 12.6. The first kappa shape index (κ1) is 24.3. The topological polar surface area (TPSA) is 71.1 Å². The predicted octanol–water partition coefficient (Wildman–Crippen LogP) is 4.15. The Kier molecular flexibility index (Phi) is 10.4. The summed E-state index contributed by atoms with van der Waals surface area (Å²) in [6.07, 6.45) is 3.03. The Bertz CT molecular complexity index is 638. The fourth-order valence-electron chi connectivity index (χ4n) is 2.61. The lowest BCUT2D eigenvalue weighted by molar-refractivity contribution is -0.139. The zero-order valence-corrected chi connectivity index (χ0v) is 19.5. The first-order chi connectivity index (χ1) is 13.1. The quantitative estimate of drug-likeness (QED) is 0.165. The minimum atomic E-state index is -1.63. The summed E-state index contributed by atoms with van der Waals surface area (Å²) in [5.74, 6) is -0.821. The predicted molar refractivity (Wildman–Crippen MR) is 114 cm³/mol. The van der Waals surface area contributed by atoms with E-state index < -0.39 is 28.6 Å². The van der Waals surface area contributed by atoms with Gasteiger partial charge in [-0.05, 0) is 57.3 Å². The van der Waals surface area contributed by atoms with Crippen LogP contribution in [0.2, 0.25) is 38.8 Å². The van der Waals surface area contributed by atoms with Crippen LogP contribution in [0.5, 0.6) is 5.75 Å². The van der Waals surface area contributed by atoms with E-state index >= 15 is 0 Å². The molecule has 0 radical (unpaired) electrons. The van der Waals surface area contributed by atoms with Crippen LogP contribution in [0, 0.1) is 0 Å². The van der Waals surface area contributed by atoms with E-state index in [-0.39, 0.29) is 6.61 Å². The second kappa shape index (κ2) is 12.0. The maximum Gasteiger partial charge on any atom is 0.336 e. The molecule has 0 aliphatic carbocycles. The fourth-order valence-corrected chi connectivity index (χ4v) is 10.6. The molecule has 28 heavy (non-hydrogen) atoms. The van der Waals surface area contributed by atoms with E-state index in [4.69, 9.17) is 18.3 Å². The summed E-state index contributed by atoms with van der Waals surface area (Å²) in [6, 6.07) is 9.68. The molecular formula is C20H32O6Si2. The smallest absolute Gasteiger partial charge is 0.336 e. The number of hydrogen-bond donors (Lipinski definition) is 0. The van der Waals surface area contributed by atoms with Crippen LogP contribution in [0.15, 0.2) is 42.5 Å². The van der Waals surface area contributed by atoms with Gasteiger partial charge in [-0.2, -0.15) is 0 Å². The Morgan fingerprint density at radius 3 is 2.18 bits per heavy atom. The number of rotatable bonds is 12. The lowest BCUT2D eigenvalue weighted by Crippen LogP contribution is -2.42. The fraction of sp³-hybridized carbons (Fsp3) is 0.500. The van der Waals surface area contributed by atoms with E-state index in [2.05, 4.69) is 32.7 Å². The van der Waals surface area contributed by atoms with Crippen molar-refractivity contribution >= 4 is 28.6 Å². The standard InChI is InChI=1S/C20H32O6Si2/c1-27(2,3)26-28(4,5)17-9-14-23-15-16-24-19(21)12-13-20(22)25-18-10-7-6-8-11-18/h6-8,10-13H,9,14-17H2,1-5H3. The number of ether oxygens (including phenoxy) is 3. The summed E-state index contributed by atoms with van der Waals surface area (Å²) in [7, 11) is -3.13. The number of esters is 2. The first-order valence-corrected chi connectivity index (χ1v) is 16.0. The van der Waals surface area contributed by atoms with E-state index in [0.29, 0.717) is 19.0 Å². The zero-order chi connectivity index (χ0) is 21.0. The summed E-state index contributed by atoms with van der Waals surface area (Å²) < 4.78 is 21.8. The second-order valence-corrected chi connectivity index (χ2v) is 17.0. The highest BCUT2D eigenvalue weighted by atomic mass is 28.4.